The summed E-state index contributed by atoms with van der Waals surface area (Å²) in [6, 6.07) is 25.4. The first-order valence-electron chi connectivity index (χ1n) is 8.19. The Bertz CT molecular complexity index is 800. The Labute approximate surface area is 160 Å². The molecule has 7 heteroatoms. The van der Waals surface area contributed by atoms with Gasteiger partial charge in [-0.15, -0.1) is 15.3 Å². The quantitative estimate of drug-likeness (QED) is 0.576. The smallest absolute Gasteiger partial charge is 0.210 e. The van der Waals surface area contributed by atoms with Crippen molar-refractivity contribution in [2.24, 2.45) is 0 Å². The molecule has 0 saturated carbocycles. The average molecular weight is 389 g/mol. The maximum atomic E-state index is 8.49. The van der Waals surface area contributed by atoms with Crippen molar-refractivity contribution >= 4 is 11.4 Å². The monoisotopic (exact) mass is 388 g/mol. The predicted octanol–water partition coefficient (Wildman–Crippen LogP) is -0.255. The standard InChI is InChI=1S/C20H21N2.ClHO4/c1-16-14-17(2)21(18(3)15-16)22(19-10-6-4-7-11-19)20-12-8-5-9-13-20;2-1(3,4)5/h4-15H,1-3H3;(H,2,3,4,5)/q+1;/p-1. The minimum atomic E-state index is -4.94. The summed E-state index contributed by atoms with van der Waals surface area (Å²) >= 11 is 0. The number of hydrogen-bond acceptors (Lipinski definition) is 5. The lowest BCUT2D eigenvalue weighted by Gasteiger charge is -2.21. The van der Waals surface area contributed by atoms with Gasteiger partial charge in [0, 0.05) is 26.0 Å². The molecule has 1 aromatic heterocycles. The molecule has 3 aromatic rings. The molecule has 27 heavy (non-hydrogen) atoms. The van der Waals surface area contributed by atoms with Crippen LogP contribution in [0.15, 0.2) is 72.8 Å². The fourth-order valence-electron chi connectivity index (χ4n) is 2.93. The fraction of sp³-hybridized carbons (Fsp3) is 0.150. The summed E-state index contributed by atoms with van der Waals surface area (Å²) in [7, 11) is -4.94. The van der Waals surface area contributed by atoms with Crippen LogP contribution in [0.4, 0.5) is 11.4 Å². The SMILES string of the molecule is Cc1cc(C)[n+](N(c2ccccc2)c2ccccc2)c(C)c1.[O-][Cl+3]([O-])([O-])[O-]. The Morgan fingerprint density at radius 3 is 1.33 bits per heavy atom. The molecule has 0 aliphatic heterocycles. The van der Waals surface area contributed by atoms with Gasteiger partial charge in [-0.25, -0.2) is 18.6 Å². The van der Waals surface area contributed by atoms with Crippen molar-refractivity contribution < 1.29 is 33.6 Å². The zero-order chi connectivity index (χ0) is 20.0. The first kappa shape index (κ1) is 20.8. The fourth-order valence-corrected chi connectivity index (χ4v) is 2.93. The molecule has 1 heterocycles. The number of rotatable bonds is 3. The molecule has 0 radical (unpaired) electrons. The van der Waals surface area contributed by atoms with Gasteiger partial charge in [-0.05, 0) is 36.8 Å². The molecule has 0 amide bonds. The molecule has 0 bridgehead atoms. The van der Waals surface area contributed by atoms with Gasteiger partial charge >= 0.3 is 0 Å². The first-order valence-corrected chi connectivity index (χ1v) is 9.42. The number of aromatic nitrogens is 1. The van der Waals surface area contributed by atoms with Crippen LogP contribution in [0.25, 0.3) is 0 Å². The van der Waals surface area contributed by atoms with Gasteiger partial charge in [0.25, 0.3) is 0 Å². The van der Waals surface area contributed by atoms with Gasteiger partial charge in [-0.2, -0.15) is 0 Å². The van der Waals surface area contributed by atoms with E-state index < -0.39 is 10.2 Å². The van der Waals surface area contributed by atoms with Crippen molar-refractivity contribution in [2.75, 3.05) is 5.01 Å². The number of aryl methyl sites for hydroxylation is 3. The van der Waals surface area contributed by atoms with E-state index in [2.05, 4.69) is 91.1 Å². The number of halogens is 1. The van der Waals surface area contributed by atoms with Gasteiger partial charge in [0.15, 0.2) is 0 Å². The van der Waals surface area contributed by atoms with Crippen LogP contribution in [0.5, 0.6) is 0 Å². The van der Waals surface area contributed by atoms with E-state index in [-0.39, 0.29) is 0 Å². The van der Waals surface area contributed by atoms with Gasteiger partial charge < -0.3 is 0 Å². The van der Waals surface area contributed by atoms with Gasteiger partial charge in [0.2, 0.25) is 11.4 Å². The molecule has 0 atom stereocenters. The second-order valence-electron chi connectivity index (χ2n) is 5.99. The van der Waals surface area contributed by atoms with Crippen molar-refractivity contribution in [3.63, 3.8) is 0 Å². The summed E-state index contributed by atoms with van der Waals surface area (Å²) in [5.74, 6) is 0. The lowest BCUT2D eigenvalue weighted by molar-refractivity contribution is -2.00. The minimum absolute atomic E-state index is 1.15. The lowest BCUT2D eigenvalue weighted by Crippen LogP contribution is -2.68. The van der Waals surface area contributed by atoms with Crippen LogP contribution < -0.4 is 28.3 Å². The summed E-state index contributed by atoms with van der Waals surface area (Å²) < 4.78 is 36.2. The van der Waals surface area contributed by atoms with E-state index in [0.717, 1.165) is 11.4 Å². The molecule has 0 spiro atoms. The van der Waals surface area contributed by atoms with Crippen molar-refractivity contribution in [1.29, 1.82) is 0 Å². The molecule has 0 aliphatic carbocycles. The van der Waals surface area contributed by atoms with Crippen molar-refractivity contribution in [3.8, 4) is 0 Å². The van der Waals surface area contributed by atoms with E-state index in [0.29, 0.717) is 0 Å². The molecular weight excluding hydrogens is 368 g/mol. The number of para-hydroxylation sites is 2. The Balaban J connectivity index is 0.000000465. The second kappa shape index (κ2) is 8.94. The van der Waals surface area contributed by atoms with E-state index in [4.69, 9.17) is 18.6 Å². The highest BCUT2D eigenvalue weighted by molar-refractivity contribution is 5.59. The number of nitrogens with zero attached hydrogens (tertiary/aromatic N) is 2. The van der Waals surface area contributed by atoms with Crippen molar-refractivity contribution in [2.45, 2.75) is 20.8 Å². The summed E-state index contributed by atoms with van der Waals surface area (Å²) in [6.45, 7) is 6.44. The Morgan fingerprint density at radius 2 is 1.00 bits per heavy atom. The highest BCUT2D eigenvalue weighted by atomic mass is 35.7. The molecule has 6 nitrogen and oxygen atoms in total. The molecule has 0 saturated heterocycles. The first-order chi connectivity index (χ1) is 12.7. The Kier molecular flexibility index (Phi) is 6.90. The summed E-state index contributed by atoms with van der Waals surface area (Å²) in [5.41, 5.74) is 6.00. The molecule has 0 unspecified atom stereocenters. The normalized spacial score (nSPS) is 10.8. The minimum Gasteiger partial charge on any atom is -0.222 e. The predicted molar refractivity (Wildman–Crippen MR) is 91.3 cm³/mol. The van der Waals surface area contributed by atoms with Crippen molar-refractivity contribution in [1.82, 2.24) is 0 Å². The maximum absolute atomic E-state index is 8.49. The van der Waals surface area contributed by atoms with Gasteiger partial charge in [0.1, 0.15) is 11.4 Å². The van der Waals surface area contributed by atoms with Crippen LogP contribution >= 0.6 is 0 Å². The van der Waals surface area contributed by atoms with E-state index in [9.17, 15) is 0 Å². The van der Waals surface area contributed by atoms with Gasteiger partial charge in [0.05, 0.1) is 0 Å². The third kappa shape index (κ3) is 6.32. The molecule has 3 rings (SSSR count). The van der Waals surface area contributed by atoms with Crippen LogP contribution in [0.3, 0.4) is 0 Å². The highest BCUT2D eigenvalue weighted by Crippen LogP contribution is 2.23. The summed E-state index contributed by atoms with van der Waals surface area (Å²) in [5, 5.41) is 2.25. The van der Waals surface area contributed by atoms with E-state index >= 15 is 0 Å². The summed E-state index contributed by atoms with van der Waals surface area (Å²) in [4.78, 5) is 0. The molecular formula is C20H21ClN2O4. The third-order valence-electron chi connectivity index (χ3n) is 3.74. The zero-order valence-corrected chi connectivity index (χ0v) is 16.1. The number of pyridine rings is 1. The Morgan fingerprint density at radius 1 is 0.667 bits per heavy atom. The third-order valence-corrected chi connectivity index (χ3v) is 3.74. The topological polar surface area (TPSA) is 99.4 Å². The zero-order valence-electron chi connectivity index (χ0n) is 15.3. The highest BCUT2D eigenvalue weighted by Gasteiger charge is 2.24. The Hall–Kier alpha value is -2.48. The lowest BCUT2D eigenvalue weighted by atomic mass is 10.2. The molecule has 0 fully saturated rings. The van der Waals surface area contributed by atoms with E-state index in [1.807, 2.05) is 12.1 Å². The second-order valence-corrected chi connectivity index (χ2v) is 6.74. The molecule has 0 N–H and O–H groups in total. The number of hydrogen-bond donors (Lipinski definition) is 0. The number of anilines is 2. The van der Waals surface area contributed by atoms with Gasteiger partial charge in [-0.1, -0.05) is 41.1 Å². The van der Waals surface area contributed by atoms with Gasteiger partial charge in [-0.3, -0.25) is 0 Å². The van der Waals surface area contributed by atoms with Crippen LogP contribution in [-0.2, 0) is 0 Å². The molecule has 142 valence electrons. The van der Waals surface area contributed by atoms with E-state index in [1.54, 1.807) is 0 Å². The van der Waals surface area contributed by atoms with E-state index in [1.165, 1.54) is 17.0 Å². The van der Waals surface area contributed by atoms with Crippen LogP contribution in [0.1, 0.15) is 17.0 Å². The maximum Gasteiger partial charge on any atom is 0.210 e. The van der Waals surface area contributed by atoms with Crippen LogP contribution in [-0.4, -0.2) is 0 Å². The van der Waals surface area contributed by atoms with Crippen molar-refractivity contribution in [3.05, 3.63) is 89.7 Å². The average Bonchev–Trinajstić information content (AvgIpc) is 2.58. The summed E-state index contributed by atoms with van der Waals surface area (Å²) in [6.07, 6.45) is 0. The van der Waals surface area contributed by atoms with Crippen LogP contribution in [0, 0.1) is 31.0 Å². The number of benzene rings is 2. The molecule has 0 aliphatic rings. The largest absolute Gasteiger partial charge is 0.222 e. The molecule has 2 aromatic carbocycles. The van der Waals surface area contributed by atoms with Crippen LogP contribution in [0.2, 0.25) is 0 Å².